The lowest BCUT2D eigenvalue weighted by Crippen LogP contribution is -2.27. The molecule has 0 aliphatic heterocycles. The zero-order valence-corrected chi connectivity index (χ0v) is 20.0. The van der Waals surface area contributed by atoms with Crippen LogP contribution in [0.15, 0.2) is 59.2 Å². The summed E-state index contributed by atoms with van der Waals surface area (Å²) in [5.74, 6) is 0.00511. The Bertz CT molecular complexity index is 1240. The summed E-state index contributed by atoms with van der Waals surface area (Å²) < 4.78 is 5.16. The minimum Gasteiger partial charge on any atom is -0.340 e. The normalized spacial score (nSPS) is 11.3. The summed E-state index contributed by atoms with van der Waals surface area (Å²) in [4.78, 5) is 14.9. The van der Waals surface area contributed by atoms with Crippen molar-refractivity contribution < 1.29 is 4.79 Å². The lowest BCUT2D eigenvalue weighted by Gasteiger charge is -2.18. The molecule has 1 amide bonds. The largest absolute Gasteiger partial charge is 0.340 e. The lowest BCUT2D eigenvalue weighted by molar-refractivity contribution is 0.0781. The minimum absolute atomic E-state index is 0.00511. The van der Waals surface area contributed by atoms with Crippen LogP contribution in [0.3, 0.4) is 0 Å². The number of halogens is 1. The van der Waals surface area contributed by atoms with E-state index in [-0.39, 0.29) is 5.91 Å². The van der Waals surface area contributed by atoms with Crippen LogP contribution in [0.1, 0.15) is 39.8 Å². The Hall–Kier alpha value is -2.86. The molecule has 0 radical (unpaired) electrons. The number of carbonyl (C=O) groups is 1. The van der Waals surface area contributed by atoms with Crippen molar-refractivity contribution in [2.75, 3.05) is 7.05 Å². The second-order valence-corrected chi connectivity index (χ2v) is 8.78. The van der Waals surface area contributed by atoms with Crippen molar-refractivity contribution in [1.29, 1.82) is 0 Å². The Balaban J connectivity index is 1.64. The number of amides is 1. The van der Waals surface area contributed by atoms with Gasteiger partial charge in [0.25, 0.3) is 5.91 Å². The second kappa shape index (κ2) is 8.71. The molecule has 0 aliphatic carbocycles. The average Bonchev–Trinajstić information content (AvgIpc) is 3.25. The van der Waals surface area contributed by atoms with Crippen molar-refractivity contribution in [3.63, 3.8) is 0 Å². The van der Waals surface area contributed by atoms with Gasteiger partial charge in [-0.2, -0.15) is 5.10 Å². The first-order chi connectivity index (χ1) is 14.9. The van der Waals surface area contributed by atoms with Crippen LogP contribution in [0.4, 0.5) is 0 Å². The van der Waals surface area contributed by atoms with Crippen molar-refractivity contribution in [3.05, 3.63) is 87.3 Å². The molecule has 0 bridgehead atoms. The van der Waals surface area contributed by atoms with E-state index in [9.17, 15) is 4.79 Å². The average molecular weight is 479 g/mol. The minimum atomic E-state index is 0.00511. The van der Waals surface area contributed by atoms with Crippen LogP contribution in [0.2, 0.25) is 0 Å². The highest BCUT2D eigenvalue weighted by atomic mass is 79.9. The van der Waals surface area contributed by atoms with Crippen molar-refractivity contribution in [2.45, 2.75) is 40.4 Å². The first-order valence-electron chi connectivity index (χ1n) is 10.5. The molecule has 160 valence electrons. The van der Waals surface area contributed by atoms with Gasteiger partial charge in [0.1, 0.15) is 0 Å². The monoisotopic (exact) mass is 478 g/mol. The molecule has 4 aromatic rings. The molecule has 0 atom stereocenters. The van der Waals surface area contributed by atoms with Crippen LogP contribution in [-0.2, 0) is 19.6 Å². The van der Waals surface area contributed by atoms with Crippen LogP contribution in [0.5, 0.6) is 0 Å². The third-order valence-corrected chi connectivity index (χ3v) is 6.66. The maximum Gasteiger partial charge on any atom is 0.253 e. The smallest absolute Gasteiger partial charge is 0.253 e. The van der Waals surface area contributed by atoms with Crippen molar-refractivity contribution >= 4 is 32.7 Å². The summed E-state index contributed by atoms with van der Waals surface area (Å²) in [6.45, 7) is 8.41. The van der Waals surface area contributed by atoms with E-state index in [2.05, 4.69) is 69.8 Å². The van der Waals surface area contributed by atoms with Crippen LogP contribution < -0.4 is 0 Å². The van der Waals surface area contributed by atoms with E-state index in [1.165, 1.54) is 16.8 Å². The number of rotatable bonds is 6. The number of hydrogen-bond donors (Lipinski definition) is 0. The fourth-order valence-electron chi connectivity index (χ4n) is 4.09. The highest BCUT2D eigenvalue weighted by Gasteiger charge is 2.19. The van der Waals surface area contributed by atoms with Gasteiger partial charge in [-0.1, -0.05) is 30.3 Å². The van der Waals surface area contributed by atoms with Gasteiger partial charge in [0.2, 0.25) is 0 Å². The van der Waals surface area contributed by atoms with Crippen molar-refractivity contribution in [1.82, 2.24) is 19.2 Å². The number of aryl methyl sites for hydroxylation is 2. The molecule has 2 heterocycles. The number of carbonyl (C=O) groups excluding carboxylic acids is 1. The van der Waals surface area contributed by atoms with Crippen LogP contribution >= 0.6 is 15.9 Å². The Morgan fingerprint density at radius 2 is 1.87 bits per heavy atom. The molecule has 0 unspecified atom stereocenters. The van der Waals surface area contributed by atoms with E-state index < -0.39 is 0 Å². The summed E-state index contributed by atoms with van der Waals surface area (Å²) in [5, 5.41) is 5.48. The second-order valence-electron chi connectivity index (χ2n) is 7.93. The molecule has 2 aromatic heterocycles. The molecule has 4 rings (SSSR count). The molecule has 5 nitrogen and oxygen atoms in total. The number of aromatic nitrogens is 3. The van der Waals surface area contributed by atoms with Gasteiger partial charge in [0.15, 0.2) is 0 Å². The quantitative estimate of drug-likeness (QED) is 0.364. The van der Waals surface area contributed by atoms with E-state index in [1.807, 2.05) is 36.9 Å². The SMILES string of the molecule is CCn1ncc(Br)c1CN(C)C(=O)c1ccc2c(c1)c(C)c(C)n2Cc1ccccc1. The number of benzene rings is 2. The lowest BCUT2D eigenvalue weighted by atomic mass is 10.1. The standard InChI is InChI=1S/C25H27BrN4O/c1-5-30-24(22(26)14-27-30)16-28(4)25(31)20-11-12-23-21(13-20)17(2)18(3)29(23)15-19-9-7-6-8-10-19/h6-14H,5,15-16H2,1-4H3. The molecule has 0 fully saturated rings. The highest BCUT2D eigenvalue weighted by molar-refractivity contribution is 9.10. The van der Waals surface area contributed by atoms with Gasteiger partial charge in [-0.05, 0) is 66.0 Å². The fourth-order valence-corrected chi connectivity index (χ4v) is 4.51. The topological polar surface area (TPSA) is 43.1 Å². The van der Waals surface area contributed by atoms with E-state index in [1.54, 1.807) is 11.1 Å². The van der Waals surface area contributed by atoms with E-state index in [0.29, 0.717) is 12.1 Å². The molecule has 0 N–H and O–H groups in total. The van der Waals surface area contributed by atoms with Gasteiger partial charge in [0, 0.05) is 42.3 Å². The molecular weight excluding hydrogens is 452 g/mol. The number of nitrogens with zero attached hydrogens (tertiary/aromatic N) is 4. The van der Waals surface area contributed by atoms with E-state index >= 15 is 0 Å². The fraction of sp³-hybridized carbons (Fsp3) is 0.280. The summed E-state index contributed by atoms with van der Waals surface area (Å²) in [7, 11) is 1.84. The summed E-state index contributed by atoms with van der Waals surface area (Å²) in [6.07, 6.45) is 1.78. The maximum atomic E-state index is 13.2. The van der Waals surface area contributed by atoms with Gasteiger partial charge >= 0.3 is 0 Å². The van der Waals surface area contributed by atoms with Crippen molar-refractivity contribution in [2.24, 2.45) is 0 Å². The molecule has 6 heteroatoms. The number of fused-ring (bicyclic) bond motifs is 1. The van der Waals surface area contributed by atoms with Crippen LogP contribution in [-0.4, -0.2) is 32.2 Å². The van der Waals surface area contributed by atoms with Crippen molar-refractivity contribution in [3.8, 4) is 0 Å². The first-order valence-corrected chi connectivity index (χ1v) is 11.3. The molecular formula is C25H27BrN4O. The van der Waals surface area contributed by atoms with Gasteiger partial charge in [0.05, 0.1) is 22.9 Å². The highest BCUT2D eigenvalue weighted by Crippen LogP contribution is 2.28. The zero-order chi connectivity index (χ0) is 22.1. The van der Waals surface area contributed by atoms with Gasteiger partial charge in [-0.15, -0.1) is 0 Å². The Labute approximate surface area is 191 Å². The molecule has 0 saturated carbocycles. The van der Waals surface area contributed by atoms with Gasteiger partial charge < -0.3 is 9.47 Å². The van der Waals surface area contributed by atoms with Gasteiger partial charge in [-0.3, -0.25) is 9.48 Å². The Morgan fingerprint density at radius 3 is 2.58 bits per heavy atom. The Kier molecular flexibility index (Phi) is 6.01. The maximum absolute atomic E-state index is 13.2. The molecule has 2 aromatic carbocycles. The summed E-state index contributed by atoms with van der Waals surface area (Å²) >= 11 is 3.55. The third-order valence-electron chi connectivity index (χ3n) is 6.00. The molecule has 31 heavy (non-hydrogen) atoms. The predicted octanol–water partition coefficient (Wildman–Crippen LogP) is 5.56. The third kappa shape index (κ3) is 4.04. The molecule has 0 spiro atoms. The van der Waals surface area contributed by atoms with Crippen LogP contribution in [0.25, 0.3) is 10.9 Å². The number of hydrogen-bond acceptors (Lipinski definition) is 2. The first kappa shape index (κ1) is 21.4. The molecule has 0 aliphatic rings. The zero-order valence-electron chi connectivity index (χ0n) is 18.4. The summed E-state index contributed by atoms with van der Waals surface area (Å²) in [6, 6.07) is 16.5. The summed E-state index contributed by atoms with van der Waals surface area (Å²) in [5.41, 5.74) is 6.57. The van der Waals surface area contributed by atoms with Gasteiger partial charge in [-0.25, -0.2) is 0 Å². The van der Waals surface area contributed by atoms with E-state index in [0.717, 1.165) is 34.2 Å². The molecule has 0 saturated heterocycles. The predicted molar refractivity (Wildman–Crippen MR) is 128 cm³/mol. The van der Waals surface area contributed by atoms with E-state index in [4.69, 9.17) is 0 Å². The Morgan fingerprint density at radius 1 is 1.13 bits per heavy atom. The van der Waals surface area contributed by atoms with Crippen LogP contribution in [0, 0.1) is 13.8 Å².